The highest BCUT2D eigenvalue weighted by Crippen LogP contribution is 2.49. The normalized spacial score (nSPS) is 25.9. The Bertz CT molecular complexity index is 672. The highest BCUT2D eigenvalue weighted by atomic mass is 16.6. The molecule has 1 N–H and O–H groups in total. The zero-order valence-corrected chi connectivity index (χ0v) is 14.9. The summed E-state index contributed by atoms with van der Waals surface area (Å²) in [4.78, 5) is 12.3. The van der Waals surface area contributed by atoms with Crippen molar-refractivity contribution < 1.29 is 9.53 Å². The van der Waals surface area contributed by atoms with Crippen molar-refractivity contribution in [1.82, 2.24) is 0 Å². The maximum Gasteiger partial charge on any atom is 0.411 e. The number of hydrogen-bond acceptors (Lipinski definition) is 2. The molecule has 3 heteroatoms. The van der Waals surface area contributed by atoms with Crippen LogP contribution in [0.1, 0.15) is 46.5 Å². The lowest BCUT2D eigenvalue weighted by Crippen LogP contribution is -2.35. The van der Waals surface area contributed by atoms with Gasteiger partial charge in [0.15, 0.2) is 0 Å². The number of ether oxygens (including phenoxy) is 1. The van der Waals surface area contributed by atoms with Crippen molar-refractivity contribution in [3.05, 3.63) is 53.6 Å². The summed E-state index contributed by atoms with van der Waals surface area (Å²) in [5.41, 5.74) is 4.91. The number of nitrogens with one attached hydrogen (secondary N) is 1. The van der Waals surface area contributed by atoms with E-state index in [1.165, 1.54) is 29.6 Å². The fraction of sp³-hybridized carbons (Fsp3) is 0.476. The summed E-state index contributed by atoms with van der Waals surface area (Å²) in [6.07, 6.45) is 3.53. The van der Waals surface area contributed by atoms with Crippen molar-refractivity contribution in [2.45, 2.75) is 52.6 Å². The zero-order chi connectivity index (χ0) is 17.3. The Hall–Kier alpha value is -2.03. The van der Waals surface area contributed by atoms with Crippen LogP contribution in [0.5, 0.6) is 0 Å². The van der Waals surface area contributed by atoms with Crippen LogP contribution < -0.4 is 5.32 Å². The number of carbonyl (C=O) groups excluding carboxylic acids is 1. The minimum atomic E-state index is -0.384. The summed E-state index contributed by atoms with van der Waals surface area (Å²) in [5.74, 6) is 0.482. The third-order valence-corrected chi connectivity index (χ3v) is 5.50. The van der Waals surface area contributed by atoms with E-state index >= 15 is 0 Å². The lowest BCUT2D eigenvalue weighted by molar-refractivity contribution is 0.0337. The van der Waals surface area contributed by atoms with Gasteiger partial charge < -0.3 is 4.74 Å². The third kappa shape index (κ3) is 3.40. The molecule has 1 fully saturated rings. The fourth-order valence-electron chi connectivity index (χ4n) is 3.98. The SMILES string of the molecule is C=C1C[C@@H](OC(=O)Nc2ccccc2)C(C)(C)CC2=C(C)CC[C@@H]12. The van der Waals surface area contributed by atoms with Crippen LogP contribution in [0.3, 0.4) is 0 Å². The molecule has 0 bridgehead atoms. The van der Waals surface area contributed by atoms with Crippen LogP contribution in [0.2, 0.25) is 0 Å². The summed E-state index contributed by atoms with van der Waals surface area (Å²) in [6, 6.07) is 9.42. The van der Waals surface area contributed by atoms with Crippen LogP contribution >= 0.6 is 0 Å². The standard InChI is InChI=1S/C21H27NO2/c1-14-10-11-17-15(2)12-19(21(3,4)13-18(14)17)24-20(23)22-16-8-6-5-7-9-16/h5-9,17,19H,2,10-13H2,1,3-4H3,(H,22,23)/t17-,19+/m0/s1. The Balaban J connectivity index is 1.74. The predicted molar refractivity (Wildman–Crippen MR) is 97.9 cm³/mol. The minimum absolute atomic E-state index is 0.0906. The summed E-state index contributed by atoms with van der Waals surface area (Å²) >= 11 is 0. The van der Waals surface area contributed by atoms with E-state index in [1.54, 1.807) is 0 Å². The van der Waals surface area contributed by atoms with Crippen molar-refractivity contribution >= 4 is 11.8 Å². The van der Waals surface area contributed by atoms with Gasteiger partial charge in [0.25, 0.3) is 0 Å². The molecule has 2 atom stereocenters. The average molecular weight is 325 g/mol. The monoisotopic (exact) mass is 325 g/mol. The van der Waals surface area contributed by atoms with E-state index in [0.29, 0.717) is 5.92 Å². The average Bonchev–Trinajstić information content (AvgIpc) is 2.83. The first-order valence-electron chi connectivity index (χ1n) is 8.75. The zero-order valence-electron chi connectivity index (χ0n) is 14.9. The third-order valence-electron chi connectivity index (χ3n) is 5.50. The summed E-state index contributed by atoms with van der Waals surface area (Å²) in [7, 11) is 0. The number of rotatable bonds is 2. The number of para-hydroxylation sites is 1. The van der Waals surface area contributed by atoms with Crippen molar-refractivity contribution in [2.24, 2.45) is 11.3 Å². The molecule has 0 heterocycles. The van der Waals surface area contributed by atoms with E-state index in [4.69, 9.17) is 4.74 Å². The van der Waals surface area contributed by atoms with E-state index in [1.807, 2.05) is 30.3 Å². The first kappa shape index (κ1) is 16.8. The van der Waals surface area contributed by atoms with Gasteiger partial charge in [-0.25, -0.2) is 4.79 Å². The molecule has 2 aliphatic rings. The Morgan fingerprint density at radius 3 is 2.71 bits per heavy atom. The molecular weight excluding hydrogens is 298 g/mol. The summed E-state index contributed by atoms with van der Waals surface area (Å²) < 4.78 is 5.83. The van der Waals surface area contributed by atoms with Crippen LogP contribution in [0.25, 0.3) is 0 Å². The van der Waals surface area contributed by atoms with Gasteiger partial charge in [0.05, 0.1) is 0 Å². The quantitative estimate of drug-likeness (QED) is 0.708. The van der Waals surface area contributed by atoms with E-state index in [0.717, 1.165) is 18.5 Å². The van der Waals surface area contributed by atoms with Crippen LogP contribution in [-0.2, 0) is 4.74 Å². The van der Waals surface area contributed by atoms with E-state index < -0.39 is 0 Å². The van der Waals surface area contributed by atoms with Gasteiger partial charge in [0.2, 0.25) is 0 Å². The van der Waals surface area contributed by atoms with Crippen molar-refractivity contribution in [3.8, 4) is 0 Å². The molecule has 1 aromatic rings. The molecule has 1 amide bonds. The second-order valence-corrected chi connectivity index (χ2v) is 7.81. The predicted octanol–water partition coefficient (Wildman–Crippen LogP) is 5.71. The van der Waals surface area contributed by atoms with Gasteiger partial charge in [-0.1, -0.05) is 55.3 Å². The molecule has 0 saturated heterocycles. The molecule has 0 aromatic heterocycles. The number of carbonyl (C=O) groups is 1. The molecule has 0 aliphatic heterocycles. The van der Waals surface area contributed by atoms with Gasteiger partial charge in [0.1, 0.15) is 6.10 Å². The Labute approximate surface area is 144 Å². The lowest BCUT2D eigenvalue weighted by atomic mass is 9.80. The molecule has 2 aliphatic carbocycles. The van der Waals surface area contributed by atoms with Gasteiger partial charge in [-0.3, -0.25) is 5.32 Å². The second kappa shape index (κ2) is 6.46. The Kier molecular flexibility index (Phi) is 4.53. The lowest BCUT2D eigenvalue weighted by Gasteiger charge is -2.32. The van der Waals surface area contributed by atoms with Crippen molar-refractivity contribution in [2.75, 3.05) is 5.32 Å². The molecule has 1 aromatic carbocycles. The smallest absolute Gasteiger partial charge is 0.411 e. The van der Waals surface area contributed by atoms with Gasteiger partial charge in [-0.15, -0.1) is 0 Å². The first-order valence-corrected chi connectivity index (χ1v) is 8.75. The van der Waals surface area contributed by atoms with E-state index in [9.17, 15) is 4.79 Å². The van der Waals surface area contributed by atoms with Gasteiger partial charge in [0, 0.05) is 23.4 Å². The fourth-order valence-corrected chi connectivity index (χ4v) is 3.98. The summed E-state index contributed by atoms with van der Waals surface area (Å²) in [5, 5.41) is 2.82. The molecule has 0 radical (unpaired) electrons. The molecule has 0 unspecified atom stereocenters. The highest BCUT2D eigenvalue weighted by molar-refractivity contribution is 5.84. The Morgan fingerprint density at radius 1 is 1.29 bits per heavy atom. The molecule has 1 saturated carbocycles. The van der Waals surface area contributed by atoms with Crippen molar-refractivity contribution in [1.29, 1.82) is 0 Å². The molecule has 0 spiro atoms. The molecule has 3 nitrogen and oxygen atoms in total. The van der Waals surface area contributed by atoms with Crippen LogP contribution in [0.15, 0.2) is 53.6 Å². The van der Waals surface area contributed by atoms with Crippen molar-refractivity contribution in [3.63, 3.8) is 0 Å². The first-order chi connectivity index (χ1) is 11.4. The molecule has 24 heavy (non-hydrogen) atoms. The van der Waals surface area contributed by atoms with E-state index in [-0.39, 0.29) is 17.6 Å². The largest absolute Gasteiger partial charge is 0.445 e. The molecule has 3 rings (SSSR count). The van der Waals surface area contributed by atoms with Crippen LogP contribution in [0.4, 0.5) is 10.5 Å². The maximum atomic E-state index is 12.3. The van der Waals surface area contributed by atoms with Crippen LogP contribution in [-0.4, -0.2) is 12.2 Å². The number of fused-ring (bicyclic) bond motifs is 1. The number of amides is 1. The number of anilines is 1. The van der Waals surface area contributed by atoms with E-state index in [2.05, 4.69) is 32.7 Å². The maximum absolute atomic E-state index is 12.3. The highest BCUT2D eigenvalue weighted by Gasteiger charge is 2.41. The summed E-state index contributed by atoms with van der Waals surface area (Å²) in [6.45, 7) is 10.9. The number of benzene rings is 1. The van der Waals surface area contributed by atoms with Gasteiger partial charge in [-0.05, 0) is 38.3 Å². The van der Waals surface area contributed by atoms with Gasteiger partial charge >= 0.3 is 6.09 Å². The topological polar surface area (TPSA) is 38.3 Å². The molecular formula is C21H27NO2. The Morgan fingerprint density at radius 2 is 2.00 bits per heavy atom. The van der Waals surface area contributed by atoms with Crippen LogP contribution in [0, 0.1) is 11.3 Å². The molecule has 128 valence electrons. The second-order valence-electron chi connectivity index (χ2n) is 7.81. The van der Waals surface area contributed by atoms with Gasteiger partial charge in [-0.2, -0.15) is 0 Å². The minimum Gasteiger partial charge on any atom is -0.445 e. The number of hydrogen-bond donors (Lipinski definition) is 1. The number of allylic oxidation sites excluding steroid dienone is 2.